The smallest absolute Gasteiger partial charge is 0.305 e. The van der Waals surface area contributed by atoms with Crippen LogP contribution in [-0.4, -0.2) is 47.4 Å². The predicted octanol–water partition coefficient (Wildman–Crippen LogP) is 29.3. The van der Waals surface area contributed by atoms with Gasteiger partial charge in [-0.1, -0.05) is 455 Å². The van der Waals surface area contributed by atoms with E-state index < -0.39 is 12.1 Å². The van der Waals surface area contributed by atoms with Crippen molar-refractivity contribution < 1.29 is 24.5 Å². The van der Waals surface area contributed by atoms with Crippen molar-refractivity contribution in [1.29, 1.82) is 0 Å². The number of carbonyl (C=O) groups excluding carboxylic acids is 2. The van der Waals surface area contributed by atoms with Gasteiger partial charge >= 0.3 is 5.97 Å². The molecule has 0 fully saturated rings. The lowest BCUT2D eigenvalue weighted by Crippen LogP contribution is -2.45. The predicted molar refractivity (Wildman–Crippen MR) is 421 cm³/mol. The first kappa shape index (κ1) is 93.1. The molecule has 0 spiro atoms. The first-order valence-corrected chi connectivity index (χ1v) is 43.8. The molecule has 6 nitrogen and oxygen atoms in total. The maximum Gasteiger partial charge on any atom is 0.305 e. The zero-order valence-corrected chi connectivity index (χ0v) is 64.7. The first-order valence-electron chi connectivity index (χ1n) is 43.8. The van der Waals surface area contributed by atoms with Crippen molar-refractivity contribution in [3.63, 3.8) is 0 Å². The van der Waals surface area contributed by atoms with Crippen LogP contribution in [0.2, 0.25) is 0 Å². The molecule has 0 aliphatic carbocycles. The highest BCUT2D eigenvalue weighted by atomic mass is 16.5. The Balaban J connectivity index is 3.38. The average molecular weight is 1340 g/mol. The van der Waals surface area contributed by atoms with Crippen molar-refractivity contribution in [2.75, 3.05) is 13.2 Å². The molecule has 1 amide bonds. The quantitative estimate of drug-likeness (QED) is 0.0320. The zero-order chi connectivity index (χ0) is 68.4. The van der Waals surface area contributed by atoms with Crippen LogP contribution in [0.25, 0.3) is 0 Å². The van der Waals surface area contributed by atoms with Gasteiger partial charge in [-0.25, -0.2) is 0 Å². The van der Waals surface area contributed by atoms with Gasteiger partial charge in [0.2, 0.25) is 5.91 Å². The summed E-state index contributed by atoms with van der Waals surface area (Å²) in [6, 6.07) is -0.628. The first-order chi connectivity index (χ1) is 47.0. The number of nitrogens with one attached hydrogen (secondary N) is 1. The summed E-state index contributed by atoms with van der Waals surface area (Å²) in [5.41, 5.74) is 0. The minimum Gasteiger partial charge on any atom is -0.466 e. The van der Waals surface area contributed by atoms with Crippen molar-refractivity contribution in [3.8, 4) is 0 Å². The lowest BCUT2D eigenvalue weighted by atomic mass is 10.0. The molecule has 562 valence electrons. The summed E-state index contributed by atoms with van der Waals surface area (Å²) < 4.78 is 5.52. The molecule has 0 bridgehead atoms. The Labute approximate surface area is 595 Å². The van der Waals surface area contributed by atoms with Gasteiger partial charge in [0.05, 0.1) is 25.4 Å². The van der Waals surface area contributed by atoms with Gasteiger partial charge in [0.1, 0.15) is 0 Å². The molecule has 0 radical (unpaired) electrons. The van der Waals surface area contributed by atoms with E-state index in [1.54, 1.807) is 6.08 Å². The maximum absolute atomic E-state index is 12.6. The summed E-state index contributed by atoms with van der Waals surface area (Å²) in [5, 5.41) is 23.3. The highest BCUT2D eigenvalue weighted by molar-refractivity contribution is 5.76. The highest BCUT2D eigenvalue weighted by Crippen LogP contribution is 2.21. The number of esters is 1. The molecular formula is C89H171NO5. The standard InChI is InChI=1S/C89H171NO5/c1-3-5-7-9-11-13-15-17-19-21-23-24-25-37-40-43-46-49-53-57-61-65-69-73-77-81-87(92)86(85-91)90-88(93)82-78-74-70-66-62-58-54-50-47-44-41-38-35-33-31-29-27-26-28-30-32-34-36-39-42-45-48-52-56-60-64-68-72-76-80-84-95-89(94)83-79-75-71-67-63-59-55-51-22-20-18-16-14-12-10-8-6-4-2/h28,30,34,36,77,81,86-87,91-92H,3-27,29,31-33,35,37-76,78-80,82-85H2,1-2H3,(H,90,93)/b30-28-,36-34-,81-77+. The summed E-state index contributed by atoms with van der Waals surface area (Å²) in [7, 11) is 0. The van der Waals surface area contributed by atoms with Crippen LogP contribution in [0.1, 0.15) is 495 Å². The molecule has 6 heteroatoms. The van der Waals surface area contributed by atoms with Crippen LogP contribution < -0.4 is 5.32 Å². The van der Waals surface area contributed by atoms with E-state index in [0.29, 0.717) is 19.4 Å². The Morgan fingerprint density at radius 1 is 0.295 bits per heavy atom. The molecule has 0 saturated carbocycles. The molecule has 0 aromatic carbocycles. The number of unbranched alkanes of at least 4 members (excludes halogenated alkanes) is 68. The number of allylic oxidation sites excluding steroid dienone is 5. The molecule has 2 atom stereocenters. The van der Waals surface area contributed by atoms with Gasteiger partial charge in [-0.05, 0) is 64.2 Å². The van der Waals surface area contributed by atoms with Crippen LogP contribution in [-0.2, 0) is 14.3 Å². The van der Waals surface area contributed by atoms with Crippen LogP contribution in [0.4, 0.5) is 0 Å². The van der Waals surface area contributed by atoms with Gasteiger partial charge in [0.25, 0.3) is 0 Å². The van der Waals surface area contributed by atoms with E-state index in [0.717, 1.165) is 44.9 Å². The molecule has 3 N–H and O–H groups in total. The Bertz CT molecular complexity index is 1540. The van der Waals surface area contributed by atoms with E-state index >= 15 is 0 Å². The Morgan fingerprint density at radius 2 is 0.526 bits per heavy atom. The molecule has 0 aliphatic heterocycles. The maximum atomic E-state index is 12.6. The number of aliphatic hydroxyl groups is 2. The normalized spacial score (nSPS) is 12.6. The molecule has 0 saturated heterocycles. The molecular weight excluding hydrogens is 1160 g/mol. The molecule has 2 unspecified atom stereocenters. The Morgan fingerprint density at radius 3 is 0.800 bits per heavy atom. The SMILES string of the molecule is CCCCCCCCCCCCCCCCCCCCCCCCC/C=C/C(O)C(CO)NC(=O)CCCCCCCCCCCCCCCCCCC/C=C\C/C=C\CCCCCCCCCCCCCOC(=O)CCCCCCCCCCCCCCCCCCCC. The van der Waals surface area contributed by atoms with Crippen LogP contribution >= 0.6 is 0 Å². The van der Waals surface area contributed by atoms with Gasteiger partial charge in [-0.2, -0.15) is 0 Å². The fraction of sp³-hybridized carbons (Fsp3) is 0.910. The van der Waals surface area contributed by atoms with Crippen molar-refractivity contribution in [1.82, 2.24) is 5.32 Å². The van der Waals surface area contributed by atoms with Crippen molar-refractivity contribution in [2.24, 2.45) is 0 Å². The summed E-state index contributed by atoms with van der Waals surface area (Å²) in [4.78, 5) is 24.7. The second-order valence-electron chi connectivity index (χ2n) is 30.2. The number of carbonyl (C=O) groups is 2. The lowest BCUT2D eigenvalue weighted by Gasteiger charge is -2.20. The number of hydrogen-bond donors (Lipinski definition) is 3. The lowest BCUT2D eigenvalue weighted by molar-refractivity contribution is -0.143. The number of hydrogen-bond acceptors (Lipinski definition) is 5. The third-order valence-corrected chi connectivity index (χ3v) is 20.7. The molecule has 0 rings (SSSR count). The molecule has 0 aromatic rings. The summed E-state index contributed by atoms with van der Waals surface area (Å²) in [5.74, 6) is -0.0380. The average Bonchev–Trinajstić information content (AvgIpc) is 3.42. The Kier molecular flexibility index (Phi) is 82.8. The minimum absolute atomic E-state index is 0.0221. The number of ether oxygens (including phenoxy) is 1. The fourth-order valence-electron chi connectivity index (χ4n) is 14.0. The van der Waals surface area contributed by atoms with Crippen molar-refractivity contribution >= 4 is 11.9 Å². The van der Waals surface area contributed by atoms with Gasteiger partial charge in [0, 0.05) is 12.8 Å². The largest absolute Gasteiger partial charge is 0.466 e. The van der Waals surface area contributed by atoms with E-state index in [9.17, 15) is 19.8 Å². The summed E-state index contributed by atoms with van der Waals surface area (Å²) in [6.45, 7) is 4.97. The zero-order valence-electron chi connectivity index (χ0n) is 64.7. The topological polar surface area (TPSA) is 95.9 Å². The third kappa shape index (κ3) is 80.9. The highest BCUT2D eigenvalue weighted by Gasteiger charge is 2.18. The van der Waals surface area contributed by atoms with Crippen LogP contribution in [0, 0.1) is 0 Å². The molecule has 0 aliphatic rings. The minimum atomic E-state index is -0.845. The van der Waals surface area contributed by atoms with E-state index in [1.165, 1.54) is 424 Å². The van der Waals surface area contributed by atoms with Crippen LogP contribution in [0.3, 0.4) is 0 Å². The van der Waals surface area contributed by atoms with E-state index in [1.807, 2.05) is 6.08 Å². The monoisotopic (exact) mass is 1330 g/mol. The summed E-state index contributed by atoms with van der Waals surface area (Å²) >= 11 is 0. The molecule has 0 heterocycles. The van der Waals surface area contributed by atoms with Crippen molar-refractivity contribution in [3.05, 3.63) is 36.5 Å². The third-order valence-electron chi connectivity index (χ3n) is 20.7. The number of amides is 1. The number of rotatable bonds is 83. The van der Waals surface area contributed by atoms with Gasteiger partial charge in [0.15, 0.2) is 0 Å². The van der Waals surface area contributed by atoms with Gasteiger partial charge in [-0.15, -0.1) is 0 Å². The second-order valence-corrected chi connectivity index (χ2v) is 30.2. The van der Waals surface area contributed by atoms with Crippen LogP contribution in [0.5, 0.6) is 0 Å². The van der Waals surface area contributed by atoms with Gasteiger partial charge in [-0.3, -0.25) is 9.59 Å². The second kappa shape index (κ2) is 84.5. The molecule has 95 heavy (non-hydrogen) atoms. The van der Waals surface area contributed by atoms with Crippen molar-refractivity contribution in [2.45, 2.75) is 508 Å². The Hall–Kier alpha value is -1.92. The van der Waals surface area contributed by atoms with Gasteiger partial charge < -0.3 is 20.3 Å². The van der Waals surface area contributed by atoms with Crippen LogP contribution in [0.15, 0.2) is 36.5 Å². The van der Waals surface area contributed by atoms with E-state index in [-0.39, 0.29) is 18.5 Å². The number of aliphatic hydroxyl groups excluding tert-OH is 2. The van der Waals surface area contributed by atoms with E-state index in [2.05, 4.69) is 43.5 Å². The fourth-order valence-corrected chi connectivity index (χ4v) is 14.0. The summed E-state index contributed by atoms with van der Waals surface area (Å²) in [6.07, 6.45) is 112. The van der Waals surface area contributed by atoms with E-state index in [4.69, 9.17) is 4.74 Å². The molecule has 0 aromatic heterocycles.